The molecule has 2 heterocycles. The largest absolute Gasteiger partial charge is 0.496 e. The molecule has 2 N–H and O–H groups in total. The molecule has 4 aromatic rings. The molecule has 184 valence electrons. The molecular formula is C27H29BrN2O4S. The van der Waals surface area contributed by atoms with E-state index in [9.17, 15) is 9.59 Å². The van der Waals surface area contributed by atoms with Crippen LogP contribution in [0, 0.1) is 5.41 Å². The third kappa shape index (κ3) is 5.23. The molecule has 0 fully saturated rings. The van der Waals surface area contributed by atoms with Gasteiger partial charge in [0, 0.05) is 33.3 Å². The number of methoxy groups -OCH3 is 2. The predicted molar refractivity (Wildman–Crippen MR) is 147 cm³/mol. The fourth-order valence-electron chi connectivity index (χ4n) is 4.57. The van der Waals surface area contributed by atoms with Gasteiger partial charge >= 0.3 is 6.09 Å². The summed E-state index contributed by atoms with van der Waals surface area (Å²) in [6.07, 6.45) is 0.470. The molecule has 1 unspecified atom stereocenters. The number of amides is 1. The van der Waals surface area contributed by atoms with E-state index in [-0.39, 0.29) is 16.9 Å². The Labute approximate surface area is 216 Å². The van der Waals surface area contributed by atoms with Crippen LogP contribution in [-0.4, -0.2) is 31.8 Å². The van der Waals surface area contributed by atoms with Gasteiger partial charge in [0.1, 0.15) is 10.4 Å². The molecule has 0 radical (unpaired) electrons. The number of carbonyl (C=O) groups excluding carboxylic acids is 1. The zero-order valence-corrected chi connectivity index (χ0v) is 22.9. The zero-order chi connectivity index (χ0) is 25.3. The standard InChI is InChI=1S/C27H29BrN2O4S/c1-27(2,3)13-17(14-29-26(32)34-5)15-6-8-16(9-7-15)21-20(33-4)12-19(28)23-22(21)18-10-11-35-24(18)25(31)30-23/h6-12,17H,13-14H2,1-5H3,(H,29,32)(H,30,31). The number of H-pyrrole nitrogens is 1. The van der Waals surface area contributed by atoms with Crippen LogP contribution < -0.4 is 15.6 Å². The van der Waals surface area contributed by atoms with Crippen LogP contribution in [0.3, 0.4) is 0 Å². The van der Waals surface area contributed by atoms with E-state index in [4.69, 9.17) is 9.47 Å². The summed E-state index contributed by atoms with van der Waals surface area (Å²) in [7, 11) is 3.02. The molecule has 2 aromatic heterocycles. The highest BCUT2D eigenvalue weighted by Gasteiger charge is 2.23. The summed E-state index contributed by atoms with van der Waals surface area (Å²) < 4.78 is 12.0. The van der Waals surface area contributed by atoms with Gasteiger partial charge in [-0.25, -0.2) is 4.79 Å². The van der Waals surface area contributed by atoms with Crippen molar-refractivity contribution in [1.29, 1.82) is 0 Å². The average molecular weight is 558 g/mol. The summed E-state index contributed by atoms with van der Waals surface area (Å²) in [6.45, 7) is 7.07. The van der Waals surface area contributed by atoms with Crippen LogP contribution in [-0.2, 0) is 4.74 Å². The molecule has 35 heavy (non-hydrogen) atoms. The molecule has 4 rings (SSSR count). The minimum absolute atomic E-state index is 0.0860. The Morgan fingerprint density at radius 1 is 1.17 bits per heavy atom. The maximum atomic E-state index is 12.6. The Hall–Kier alpha value is -2.84. The number of hydrogen-bond acceptors (Lipinski definition) is 5. The van der Waals surface area contributed by atoms with Crippen molar-refractivity contribution in [2.24, 2.45) is 5.41 Å². The second-order valence-electron chi connectivity index (χ2n) is 9.76. The van der Waals surface area contributed by atoms with Crippen molar-refractivity contribution in [3.8, 4) is 16.9 Å². The summed E-state index contributed by atoms with van der Waals surface area (Å²) in [4.78, 5) is 27.4. The maximum absolute atomic E-state index is 12.6. The van der Waals surface area contributed by atoms with Gasteiger partial charge in [-0.15, -0.1) is 11.3 Å². The Morgan fingerprint density at radius 2 is 1.89 bits per heavy atom. The molecule has 6 nitrogen and oxygen atoms in total. The highest BCUT2D eigenvalue weighted by molar-refractivity contribution is 9.10. The molecule has 2 aromatic carbocycles. The zero-order valence-electron chi connectivity index (χ0n) is 20.5. The molecule has 0 aliphatic carbocycles. The van der Waals surface area contributed by atoms with Gasteiger partial charge in [0.2, 0.25) is 0 Å². The number of benzene rings is 2. The Bertz CT molecular complexity index is 1430. The number of halogens is 1. The molecule has 0 aliphatic rings. The first-order valence-corrected chi connectivity index (χ1v) is 13.0. The van der Waals surface area contributed by atoms with Crippen molar-refractivity contribution in [2.45, 2.75) is 33.1 Å². The predicted octanol–water partition coefficient (Wildman–Crippen LogP) is 7.06. The van der Waals surface area contributed by atoms with Crippen LogP contribution in [0.1, 0.15) is 38.7 Å². The number of nitrogens with one attached hydrogen (secondary N) is 2. The number of fused-ring (bicyclic) bond motifs is 3. The lowest BCUT2D eigenvalue weighted by atomic mass is 9.81. The number of carbonyl (C=O) groups is 1. The summed E-state index contributed by atoms with van der Waals surface area (Å²) in [5.74, 6) is 0.849. The lowest BCUT2D eigenvalue weighted by molar-refractivity contribution is 0.169. The van der Waals surface area contributed by atoms with Crippen LogP contribution >= 0.6 is 27.3 Å². The van der Waals surface area contributed by atoms with Crippen LogP contribution in [0.15, 0.2) is 51.0 Å². The molecule has 0 spiro atoms. The number of thiophene rings is 1. The minimum Gasteiger partial charge on any atom is -0.496 e. The SMILES string of the molecule is COC(=O)NCC(CC(C)(C)C)c1ccc(-c2c(OC)cc(Br)c3[nH]c(=O)c4sccc4c23)cc1. The van der Waals surface area contributed by atoms with Gasteiger partial charge in [-0.3, -0.25) is 4.79 Å². The van der Waals surface area contributed by atoms with E-state index in [1.807, 2.05) is 17.5 Å². The number of ether oxygens (including phenoxy) is 2. The fraction of sp³-hybridized carbons (Fsp3) is 0.333. The quantitative estimate of drug-likeness (QED) is 0.266. The molecular weight excluding hydrogens is 528 g/mol. The smallest absolute Gasteiger partial charge is 0.406 e. The van der Waals surface area contributed by atoms with Crippen molar-refractivity contribution < 1.29 is 14.3 Å². The number of alkyl carbamates (subject to hydrolysis) is 1. The van der Waals surface area contributed by atoms with Crippen LogP contribution in [0.2, 0.25) is 0 Å². The minimum atomic E-state index is -0.430. The first kappa shape index (κ1) is 25.3. The van der Waals surface area contributed by atoms with Crippen molar-refractivity contribution in [3.63, 3.8) is 0 Å². The van der Waals surface area contributed by atoms with E-state index in [0.29, 0.717) is 11.2 Å². The van der Waals surface area contributed by atoms with Crippen molar-refractivity contribution in [1.82, 2.24) is 10.3 Å². The third-order valence-corrected chi connectivity index (χ3v) is 7.59. The van der Waals surface area contributed by atoms with Crippen molar-refractivity contribution in [3.05, 3.63) is 62.2 Å². The van der Waals surface area contributed by atoms with E-state index in [1.54, 1.807) is 7.11 Å². The van der Waals surface area contributed by atoms with Crippen LogP contribution in [0.5, 0.6) is 5.75 Å². The Balaban J connectivity index is 1.83. The molecule has 0 saturated carbocycles. The van der Waals surface area contributed by atoms with E-state index >= 15 is 0 Å². The third-order valence-electron chi connectivity index (χ3n) is 6.05. The highest BCUT2D eigenvalue weighted by atomic mass is 79.9. The second-order valence-corrected chi connectivity index (χ2v) is 11.5. The van der Waals surface area contributed by atoms with Gasteiger partial charge in [0.05, 0.1) is 19.7 Å². The highest BCUT2D eigenvalue weighted by Crippen LogP contribution is 2.43. The van der Waals surface area contributed by atoms with Crippen molar-refractivity contribution in [2.75, 3.05) is 20.8 Å². The molecule has 0 aliphatic heterocycles. The molecule has 1 amide bonds. The summed E-state index contributed by atoms with van der Waals surface area (Å²) in [5, 5.41) is 6.63. The molecule has 8 heteroatoms. The first-order chi connectivity index (χ1) is 16.6. The van der Waals surface area contributed by atoms with E-state index in [2.05, 4.69) is 71.3 Å². The number of pyridine rings is 1. The lowest BCUT2D eigenvalue weighted by Gasteiger charge is -2.26. The number of rotatable bonds is 6. The molecule has 0 saturated heterocycles. The summed E-state index contributed by atoms with van der Waals surface area (Å²) in [5.41, 5.74) is 3.78. The lowest BCUT2D eigenvalue weighted by Crippen LogP contribution is -2.30. The monoisotopic (exact) mass is 556 g/mol. The van der Waals surface area contributed by atoms with Crippen LogP contribution in [0.25, 0.3) is 32.1 Å². The topological polar surface area (TPSA) is 80.4 Å². The van der Waals surface area contributed by atoms with Gasteiger partial charge < -0.3 is 19.8 Å². The second kappa shape index (κ2) is 10.0. The van der Waals surface area contributed by atoms with Crippen molar-refractivity contribution >= 4 is 54.3 Å². The maximum Gasteiger partial charge on any atom is 0.406 e. The van der Waals surface area contributed by atoms with Crippen LogP contribution in [0.4, 0.5) is 4.79 Å². The Morgan fingerprint density at radius 3 is 2.51 bits per heavy atom. The van der Waals surface area contributed by atoms with Gasteiger partial charge in [-0.2, -0.15) is 0 Å². The van der Waals surface area contributed by atoms with Gasteiger partial charge in [-0.05, 0) is 56.4 Å². The summed E-state index contributed by atoms with van der Waals surface area (Å²) >= 11 is 5.03. The van der Waals surface area contributed by atoms with E-state index < -0.39 is 6.09 Å². The molecule has 1 atom stereocenters. The average Bonchev–Trinajstić information content (AvgIpc) is 3.32. The molecule has 0 bridgehead atoms. The number of aromatic amines is 1. The number of aromatic nitrogens is 1. The van der Waals surface area contributed by atoms with Gasteiger partial charge in [-0.1, -0.05) is 45.0 Å². The van der Waals surface area contributed by atoms with Gasteiger partial charge in [0.25, 0.3) is 5.56 Å². The van der Waals surface area contributed by atoms with Gasteiger partial charge in [0.15, 0.2) is 0 Å². The summed E-state index contributed by atoms with van der Waals surface area (Å²) in [6, 6.07) is 12.2. The Kier molecular flexibility index (Phi) is 7.24. The normalized spacial score (nSPS) is 12.6. The van der Waals surface area contributed by atoms with E-state index in [0.717, 1.165) is 49.6 Å². The number of hydrogen-bond donors (Lipinski definition) is 2. The first-order valence-electron chi connectivity index (χ1n) is 11.3. The van der Waals surface area contributed by atoms with E-state index in [1.165, 1.54) is 18.4 Å². The fourth-order valence-corrected chi connectivity index (χ4v) is 5.87.